The minimum atomic E-state index is -0.105. The van der Waals surface area contributed by atoms with Gasteiger partial charge in [-0.15, -0.1) is 22.7 Å². The first-order chi connectivity index (χ1) is 58.4. The monoisotopic (exact) mass is 1590 g/mol. The van der Waals surface area contributed by atoms with Gasteiger partial charge >= 0.3 is 0 Å². The predicted molar refractivity (Wildman–Crippen MR) is 475 cm³/mol. The van der Waals surface area contributed by atoms with Gasteiger partial charge in [0.15, 0.2) is 34.5 Å². The summed E-state index contributed by atoms with van der Waals surface area (Å²) in [6.45, 7) is 17.8. The molecule has 0 bridgehead atoms. The van der Waals surface area contributed by atoms with Crippen LogP contribution in [0.4, 0.5) is 0 Å². The zero-order valence-electron chi connectivity index (χ0n) is 66.5. The van der Waals surface area contributed by atoms with Gasteiger partial charge in [0.2, 0.25) is 11.8 Å². The van der Waals surface area contributed by atoms with Crippen molar-refractivity contribution in [1.82, 2.24) is 79.7 Å². The molecule has 20 heteroatoms. The van der Waals surface area contributed by atoms with Gasteiger partial charge in [-0.1, -0.05) is 201 Å². The summed E-state index contributed by atoms with van der Waals surface area (Å²) >= 11 is 3.31. The predicted octanol–water partition coefficient (Wildman–Crippen LogP) is 23.5. The topological polar surface area (TPSA) is 233 Å². The van der Waals surface area contributed by atoms with Crippen molar-refractivity contribution < 1.29 is 8.83 Å². The van der Waals surface area contributed by atoms with Crippen molar-refractivity contribution in [2.75, 3.05) is 0 Å². The highest BCUT2D eigenvalue weighted by Gasteiger charge is 2.41. The molecule has 24 rings (SSSR count). The quantitative estimate of drug-likeness (QED) is 0.138. The van der Waals surface area contributed by atoms with Crippen LogP contribution in [0.25, 0.3) is 178 Å². The lowest BCUT2D eigenvalue weighted by Crippen LogP contribution is -2.15. The van der Waals surface area contributed by atoms with E-state index < -0.39 is 0 Å². The third kappa shape index (κ3) is 12.6. The van der Waals surface area contributed by atoms with Crippen LogP contribution in [0.15, 0.2) is 301 Å². The molecule has 12 aromatic heterocycles. The van der Waals surface area contributed by atoms with Gasteiger partial charge in [-0.25, -0.2) is 59.8 Å². The molecule has 0 amide bonds. The molecule has 0 fully saturated rings. The number of pyridine rings is 4. The Kier molecular flexibility index (Phi) is 17.4. The molecule has 12 heterocycles. The zero-order valence-corrected chi connectivity index (χ0v) is 68.1. The van der Waals surface area contributed by atoms with Gasteiger partial charge in [0, 0.05) is 138 Å². The van der Waals surface area contributed by atoms with E-state index in [0.29, 0.717) is 46.5 Å². The van der Waals surface area contributed by atoms with E-state index in [4.69, 9.17) is 43.7 Å². The highest BCUT2D eigenvalue weighted by Crippen LogP contribution is 2.52. The molecule has 0 N–H and O–H groups in total. The van der Waals surface area contributed by atoms with E-state index in [1.165, 1.54) is 60.3 Å². The molecule has 0 radical (unpaired) electrons. The van der Waals surface area contributed by atoms with Gasteiger partial charge in [-0.3, -0.25) is 19.9 Å². The molecule has 20 aromatic rings. The van der Waals surface area contributed by atoms with Gasteiger partial charge in [0.05, 0.1) is 54.6 Å². The third-order valence-corrected chi connectivity index (χ3v) is 25.5. The number of oxazole rings is 2. The molecule has 8 aromatic carbocycles. The number of para-hydroxylation sites is 6. The van der Waals surface area contributed by atoms with Gasteiger partial charge in [-0.05, 0) is 119 Å². The number of rotatable bonds is 8. The summed E-state index contributed by atoms with van der Waals surface area (Å²) < 4.78 is 14.0. The van der Waals surface area contributed by atoms with Crippen LogP contribution in [0, 0.1) is 0 Å². The van der Waals surface area contributed by atoms with E-state index in [2.05, 4.69) is 209 Å². The number of hydrogen-bond acceptors (Lipinski definition) is 20. The molecule has 120 heavy (non-hydrogen) atoms. The number of nitrogens with zero attached hydrogens (tertiary/aromatic N) is 16. The highest BCUT2D eigenvalue weighted by molar-refractivity contribution is 7.22. The van der Waals surface area contributed by atoms with E-state index in [-0.39, 0.29) is 21.7 Å². The second-order valence-electron chi connectivity index (χ2n) is 32.2. The lowest BCUT2D eigenvalue weighted by molar-refractivity contribution is 0.616. The van der Waals surface area contributed by atoms with Crippen molar-refractivity contribution in [2.45, 2.75) is 77.0 Å². The van der Waals surface area contributed by atoms with Crippen LogP contribution in [0.5, 0.6) is 0 Å². The van der Waals surface area contributed by atoms with E-state index in [1.54, 1.807) is 35.1 Å². The van der Waals surface area contributed by atoms with Crippen LogP contribution >= 0.6 is 22.7 Å². The summed E-state index contributed by atoms with van der Waals surface area (Å²) in [7, 11) is 0. The largest absolute Gasteiger partial charge is 0.435 e. The smallest absolute Gasteiger partial charge is 0.246 e. The van der Waals surface area contributed by atoms with E-state index in [0.717, 1.165) is 115 Å². The van der Waals surface area contributed by atoms with Gasteiger partial charge < -0.3 is 8.83 Å². The Morgan fingerprint density at radius 2 is 0.567 bits per heavy atom. The Balaban J connectivity index is 0.0000000990. The van der Waals surface area contributed by atoms with Gasteiger partial charge in [0.25, 0.3) is 0 Å². The number of hydrogen-bond donors (Lipinski definition) is 0. The normalized spacial score (nSPS) is 13.9. The fourth-order valence-corrected chi connectivity index (χ4v) is 18.7. The van der Waals surface area contributed by atoms with Crippen LogP contribution in [-0.2, 0) is 21.7 Å². The Morgan fingerprint density at radius 1 is 0.242 bits per heavy atom. The summed E-state index contributed by atoms with van der Waals surface area (Å²) in [6, 6.07) is 81.3. The van der Waals surface area contributed by atoms with Crippen LogP contribution in [0.3, 0.4) is 0 Å². The first-order valence-electron chi connectivity index (χ1n) is 39.6. The van der Waals surface area contributed by atoms with Crippen molar-refractivity contribution in [1.29, 1.82) is 0 Å². The molecule has 0 atom stereocenters. The van der Waals surface area contributed by atoms with E-state index in [1.807, 2.05) is 171 Å². The van der Waals surface area contributed by atoms with E-state index >= 15 is 0 Å². The van der Waals surface area contributed by atoms with Crippen molar-refractivity contribution in [2.24, 2.45) is 0 Å². The van der Waals surface area contributed by atoms with Crippen LogP contribution < -0.4 is 0 Å². The first kappa shape index (κ1) is 73.1. The maximum Gasteiger partial charge on any atom is 0.246 e. The molecule has 576 valence electrons. The Morgan fingerprint density at radius 3 is 0.950 bits per heavy atom. The van der Waals surface area contributed by atoms with E-state index in [9.17, 15) is 0 Å². The summed E-state index contributed by atoms with van der Waals surface area (Å²) in [4.78, 5) is 75.2. The second-order valence-corrected chi connectivity index (χ2v) is 34.2. The summed E-state index contributed by atoms with van der Waals surface area (Å²) in [5.41, 5.74) is 30.0. The zero-order chi connectivity index (χ0) is 81.2. The average molecular weight is 1590 g/mol. The third-order valence-electron chi connectivity index (χ3n) is 23.4. The second kappa shape index (κ2) is 28.6. The summed E-state index contributed by atoms with van der Waals surface area (Å²) in [5.74, 6) is 3.74. The van der Waals surface area contributed by atoms with Crippen molar-refractivity contribution >= 4 is 65.3 Å². The fourth-order valence-electron chi connectivity index (χ4n) is 16.9. The van der Waals surface area contributed by atoms with Gasteiger partial charge in [0.1, 0.15) is 32.4 Å². The average Bonchev–Trinajstić information content (AvgIpc) is 1.59. The molecule has 18 nitrogen and oxygen atoms in total. The maximum atomic E-state index is 5.88. The lowest BCUT2D eigenvalue weighted by atomic mass is 9.83. The highest BCUT2D eigenvalue weighted by atomic mass is 32.1. The summed E-state index contributed by atoms with van der Waals surface area (Å²) in [6.07, 6.45) is 15.0. The lowest BCUT2D eigenvalue weighted by Gasteiger charge is -2.20. The van der Waals surface area contributed by atoms with Crippen molar-refractivity contribution in [3.63, 3.8) is 0 Å². The summed E-state index contributed by atoms with van der Waals surface area (Å²) in [5, 5.41) is 1.83. The molecule has 0 saturated heterocycles. The standard InChI is InChI=1S/2C25H18N4O.2C25H18N4S/c1-25(2)17-8-4-3-7-16(17)22-18(25)14-27-23(29-22)15-11-12-26-20(13-15)24-28-19-9-5-6-10-21(19)30-24;1-25(2)17-8-4-3-7-16(17)22-18(25)14-27-23(29-22)15-11-12-20(26-13-15)24-28-19-9-5-6-10-21(19)30-24;1-25(2)17-8-4-3-7-16(17)22-18(25)14-27-23(29-22)15-11-12-26-20(13-15)24-28-19-9-5-6-10-21(19)30-24;1-25(2)17-8-4-3-7-16(17)22-18(25)14-27-23(29-22)15-11-12-20(26-13-15)24-28-19-9-5-6-10-21(19)30-24/h4*3-14H,1-2H3. The van der Waals surface area contributed by atoms with Crippen molar-refractivity contribution in [3.8, 4) is 135 Å². The van der Waals surface area contributed by atoms with Crippen LogP contribution in [0.1, 0.15) is 99.9 Å². The number of aromatic nitrogens is 16. The minimum Gasteiger partial charge on any atom is -0.435 e. The first-order valence-corrected chi connectivity index (χ1v) is 41.3. The molecule has 4 aliphatic rings. The number of benzene rings is 8. The molecule has 0 saturated carbocycles. The number of thiazole rings is 2. The van der Waals surface area contributed by atoms with Crippen molar-refractivity contribution in [3.05, 3.63) is 337 Å². The Bertz CT molecular complexity index is 6900. The molecular formula is C100H72N16O2S2. The molecule has 0 unspecified atom stereocenters. The maximum absolute atomic E-state index is 5.88. The Hall–Kier alpha value is -14.6. The minimum absolute atomic E-state index is 0.0839. The van der Waals surface area contributed by atoms with Crippen LogP contribution in [0.2, 0.25) is 0 Å². The molecule has 4 aliphatic carbocycles. The van der Waals surface area contributed by atoms with Gasteiger partial charge in [-0.2, -0.15) is 0 Å². The molecule has 0 spiro atoms. The SMILES string of the molecule is CC1(C)c2ccccc2-c2nc(-c3ccc(-c4nc5ccccc5o4)nc3)ncc21.CC1(C)c2ccccc2-c2nc(-c3ccc(-c4nc5ccccc5s4)nc3)ncc21.CC1(C)c2ccccc2-c2nc(-c3ccnc(-c4nc5ccccc5o4)c3)ncc21.CC1(C)c2ccccc2-c2nc(-c3ccnc(-c4nc5ccccc5s4)c3)ncc21. The number of fused-ring (bicyclic) bond motifs is 16. The van der Waals surface area contributed by atoms with Crippen LogP contribution in [-0.4, -0.2) is 79.7 Å². The molecular weight excluding hydrogens is 1520 g/mol. The molecule has 0 aliphatic heterocycles. The Labute approximate surface area is 698 Å². The fraction of sp³-hybridized carbons (Fsp3) is 0.120.